The van der Waals surface area contributed by atoms with Gasteiger partial charge in [-0.15, -0.1) is 0 Å². The van der Waals surface area contributed by atoms with Gasteiger partial charge in [0.1, 0.15) is 35.2 Å². The van der Waals surface area contributed by atoms with Crippen LogP contribution in [-0.2, 0) is 88.0 Å². The quantitative estimate of drug-likeness (QED) is 0.142. The molecule has 10 aromatic carbocycles. The number of rotatable bonds is 7. The standard InChI is InChI=1S/C26H32N.C25H28N.2C25H30N.C24H28N/c1-16-9-10-20-22(17(16)2)24-23-19(11-12-27(24)8)13-18(15-25(3,4)5)14-21(23)26(20,6)7;1-16-8-7-11-20-22(16)24-23-18(12-13-26(24)4)14-19(17-9-5-6-10-17)15-21(23)25(20,2)3;1-15(2)12-18-13-19-10-11-26(7)24-22-17(4)16(3)8-9-20(22)25(5,6)21(14-18)23(19)24;1-16-9-8-10-19-21(16)23-22-18(11-12-26(23)7)13-17(15-24(2,3)4)14-20(22)25(19,5)6;1-15(2)12-17-13-18-10-11-25(6)23-21-16(3)8-7-9-19(21)24(4,5)20(14-17)22(18)23/h9-14H,15H2,1-8H3;7-8,11-15,17H,5-6,9-10H2,1-4H3;8-11,13-15H,12H2,1-7H3;8-14H,15H2,1-7H3;7-11,13-15H,12H2,1-6H3/q5*+1. The van der Waals surface area contributed by atoms with E-state index < -0.39 is 0 Å². The Morgan fingerprint density at radius 2 is 0.538 bits per heavy atom. The van der Waals surface area contributed by atoms with Gasteiger partial charge in [-0.25, -0.2) is 22.8 Å². The van der Waals surface area contributed by atoms with Gasteiger partial charge in [-0.1, -0.05) is 291 Å². The van der Waals surface area contributed by atoms with E-state index in [4.69, 9.17) is 0 Å². The van der Waals surface area contributed by atoms with Gasteiger partial charge in [-0.2, -0.15) is 0 Å². The zero-order valence-electron chi connectivity index (χ0n) is 85.2. The van der Waals surface area contributed by atoms with Crippen LogP contribution in [0.25, 0.3) is 110 Å². The summed E-state index contributed by atoms with van der Waals surface area (Å²) >= 11 is 0. The van der Waals surface area contributed by atoms with Crippen LogP contribution in [0.15, 0.2) is 201 Å². The zero-order valence-corrected chi connectivity index (χ0v) is 85.2. The van der Waals surface area contributed by atoms with Crippen LogP contribution in [0.2, 0.25) is 0 Å². The van der Waals surface area contributed by atoms with Crippen molar-refractivity contribution in [3.8, 4) is 56.3 Å². The molecule has 0 unspecified atom stereocenters. The fourth-order valence-corrected chi connectivity index (χ4v) is 24.4. The number of hydrogen-bond donors (Lipinski definition) is 0. The molecule has 0 bridgehead atoms. The smallest absolute Gasteiger partial charge is 0.200 e. The normalized spacial score (nSPS) is 15.6. The molecule has 130 heavy (non-hydrogen) atoms. The van der Waals surface area contributed by atoms with Gasteiger partial charge in [0, 0.05) is 57.4 Å². The van der Waals surface area contributed by atoms with Gasteiger partial charge < -0.3 is 0 Å². The maximum absolute atomic E-state index is 2.55. The molecule has 5 aromatic heterocycles. The fourth-order valence-electron chi connectivity index (χ4n) is 24.4. The Balaban J connectivity index is 0.000000114. The summed E-state index contributed by atoms with van der Waals surface area (Å²) in [5.74, 6) is 2.09. The summed E-state index contributed by atoms with van der Waals surface area (Å²) in [6.45, 7) is 62.8. The number of hydrogen-bond acceptors (Lipinski definition) is 0. The second kappa shape index (κ2) is 32.9. The SMILES string of the molecule is Cc1ccc2c(c1C)-c1c3c(cc(CC(C)(C)C)cc3cc[n+]1C)C2(C)C.Cc1ccc2c(c1C)-c1c3c(cc(CC(C)C)cc3cc[n+]1C)C2(C)C.Cc1cccc2c1-c1c3c(cc(C4CCCC4)cc3cc[n+]1C)C2(C)C.Cc1cccc2c1-c1c3c(cc(CC(C)(C)C)cc3cc[n+]1C)C2(C)C.Cc1cccc2c1-c1c3c(cc(CC(C)C)cc3cc[n+]1C)C2(C)C. The first-order valence-electron chi connectivity index (χ1n) is 48.9. The Hall–Kier alpha value is -10.8. The highest BCUT2D eigenvalue weighted by molar-refractivity contribution is 6.06. The second-order valence-corrected chi connectivity index (χ2v) is 46.5. The average molecular weight is 1720 g/mol. The van der Waals surface area contributed by atoms with Crippen LogP contribution in [0.1, 0.15) is 292 Å². The lowest BCUT2D eigenvalue weighted by atomic mass is 9.67. The van der Waals surface area contributed by atoms with Crippen molar-refractivity contribution in [2.45, 2.75) is 271 Å². The van der Waals surface area contributed by atoms with Gasteiger partial charge in [-0.3, -0.25) is 0 Å². The molecule has 5 heteroatoms. The van der Waals surface area contributed by atoms with Crippen molar-refractivity contribution in [1.29, 1.82) is 0 Å². The molecule has 0 N–H and O–H groups in total. The average Bonchev–Trinajstić information content (AvgIpc) is 0.901. The predicted molar refractivity (Wildman–Crippen MR) is 551 cm³/mol. The highest BCUT2D eigenvalue weighted by atomic mass is 15.0. The van der Waals surface area contributed by atoms with Gasteiger partial charge in [0.2, 0.25) is 28.5 Å². The molecule has 21 rings (SSSR count). The molecule has 15 aromatic rings. The second-order valence-electron chi connectivity index (χ2n) is 46.5. The fraction of sp³-hybridized carbons (Fsp3) is 0.400. The summed E-state index contributed by atoms with van der Waals surface area (Å²) in [6, 6.07) is 65.7. The van der Waals surface area contributed by atoms with Crippen molar-refractivity contribution in [2.24, 2.45) is 57.9 Å². The third-order valence-electron chi connectivity index (χ3n) is 31.2. The molecule has 5 heterocycles. The molecule has 0 aliphatic heterocycles. The maximum atomic E-state index is 2.55. The summed E-state index contributed by atoms with van der Waals surface area (Å²) in [4.78, 5) is 0. The molecular formula is C125H148N5+5. The molecule has 6 aliphatic rings. The zero-order chi connectivity index (χ0) is 93.4. The summed E-state index contributed by atoms with van der Waals surface area (Å²) in [7, 11) is 10.9. The topological polar surface area (TPSA) is 19.4 Å². The lowest BCUT2D eigenvalue weighted by molar-refractivity contribution is -0.659. The minimum atomic E-state index is 0.00128. The number of benzene rings is 10. The largest absolute Gasteiger partial charge is 0.221 e. The molecular weight excluding hydrogens is 1570 g/mol. The molecule has 1 fully saturated rings. The first kappa shape index (κ1) is 91.2. The van der Waals surface area contributed by atoms with Gasteiger partial charge in [-0.05, 0) is 265 Å². The van der Waals surface area contributed by atoms with Gasteiger partial charge in [0.25, 0.3) is 0 Å². The van der Waals surface area contributed by atoms with E-state index in [0.717, 1.165) is 31.6 Å². The number of aromatic nitrogens is 5. The summed E-state index contributed by atoms with van der Waals surface area (Å²) in [6.07, 6.45) is 21.1. The molecule has 1 saturated carbocycles. The first-order valence-corrected chi connectivity index (χ1v) is 48.9. The summed E-state index contributed by atoms with van der Waals surface area (Å²) in [5, 5.41) is 14.1. The van der Waals surface area contributed by atoms with Crippen LogP contribution in [0.3, 0.4) is 0 Å². The molecule has 0 spiro atoms. The van der Waals surface area contributed by atoms with E-state index in [1.807, 2.05) is 0 Å². The van der Waals surface area contributed by atoms with Crippen molar-refractivity contribution in [3.63, 3.8) is 0 Å². The van der Waals surface area contributed by atoms with Crippen molar-refractivity contribution < 1.29 is 22.8 Å². The van der Waals surface area contributed by atoms with Crippen LogP contribution in [0.5, 0.6) is 0 Å². The third-order valence-corrected chi connectivity index (χ3v) is 31.2. The minimum Gasteiger partial charge on any atom is -0.200 e. The third kappa shape index (κ3) is 15.5. The predicted octanol–water partition coefficient (Wildman–Crippen LogP) is 29.2. The molecule has 0 saturated heterocycles. The van der Waals surface area contributed by atoms with E-state index >= 15 is 0 Å². The van der Waals surface area contributed by atoms with E-state index in [9.17, 15) is 0 Å². The lowest BCUT2D eigenvalue weighted by Crippen LogP contribution is -2.36. The van der Waals surface area contributed by atoms with Crippen LogP contribution in [-0.4, -0.2) is 0 Å². The van der Waals surface area contributed by atoms with Crippen LogP contribution in [0, 0.1) is 71.1 Å². The molecule has 5 nitrogen and oxygen atoms in total. The number of aryl methyl sites for hydroxylation is 10. The van der Waals surface area contributed by atoms with Crippen molar-refractivity contribution >= 4 is 53.9 Å². The van der Waals surface area contributed by atoms with Crippen molar-refractivity contribution in [2.75, 3.05) is 0 Å². The van der Waals surface area contributed by atoms with E-state index in [-0.39, 0.29) is 37.9 Å². The molecule has 668 valence electrons. The van der Waals surface area contributed by atoms with Crippen LogP contribution in [0.4, 0.5) is 0 Å². The lowest BCUT2D eigenvalue weighted by Gasteiger charge is -2.35. The Morgan fingerprint density at radius 3 is 0.823 bits per heavy atom. The van der Waals surface area contributed by atoms with E-state index in [1.54, 1.807) is 5.56 Å². The minimum absolute atomic E-state index is 0.00128. The van der Waals surface area contributed by atoms with Gasteiger partial charge in [0.05, 0.1) is 54.7 Å². The highest BCUT2D eigenvalue weighted by Crippen LogP contribution is 2.56. The van der Waals surface area contributed by atoms with Gasteiger partial charge >= 0.3 is 0 Å². The summed E-state index contributed by atoms with van der Waals surface area (Å²) < 4.78 is 11.6. The van der Waals surface area contributed by atoms with E-state index in [2.05, 4.69) is 446 Å². The Labute approximate surface area is 780 Å². The van der Waals surface area contributed by atoms with Crippen molar-refractivity contribution in [3.05, 3.63) is 323 Å². The number of fused-ring (bicyclic) bond motifs is 10. The van der Waals surface area contributed by atoms with Crippen LogP contribution >= 0.6 is 0 Å². The molecule has 6 aliphatic carbocycles. The summed E-state index contributed by atoms with van der Waals surface area (Å²) in [5.41, 5.74) is 46.4. The van der Waals surface area contributed by atoms with Crippen LogP contribution < -0.4 is 22.8 Å². The Kier molecular flexibility index (Phi) is 23.1. The molecule has 0 radical (unpaired) electrons. The van der Waals surface area contributed by atoms with E-state index in [0.29, 0.717) is 11.8 Å². The Bertz CT molecular complexity index is 7160. The number of pyridine rings is 5. The number of nitrogens with zero attached hydrogens (tertiary/aromatic N) is 5. The molecule has 0 amide bonds. The van der Waals surface area contributed by atoms with Crippen molar-refractivity contribution in [1.82, 2.24) is 0 Å². The maximum Gasteiger partial charge on any atom is 0.221 e. The Morgan fingerprint density at radius 1 is 0.285 bits per heavy atom. The molecule has 0 atom stereocenters. The van der Waals surface area contributed by atoms with Gasteiger partial charge in [0.15, 0.2) is 31.0 Å². The first-order chi connectivity index (χ1) is 61.1. The monoisotopic (exact) mass is 1720 g/mol. The highest BCUT2D eigenvalue weighted by Gasteiger charge is 2.46. The van der Waals surface area contributed by atoms with E-state index in [1.165, 1.54) is 253 Å².